The molecule has 3 N–H and O–H groups in total. The van der Waals surface area contributed by atoms with Crippen LogP contribution in [0.3, 0.4) is 0 Å². The Morgan fingerprint density at radius 2 is 1.89 bits per heavy atom. The number of ether oxygens (including phenoxy) is 2. The molecule has 0 radical (unpaired) electrons. The summed E-state index contributed by atoms with van der Waals surface area (Å²) in [5.41, 5.74) is 1.26. The third-order valence-electron chi connectivity index (χ3n) is 4.68. The summed E-state index contributed by atoms with van der Waals surface area (Å²) in [6, 6.07) is 7.00. The largest absolute Gasteiger partial charge is 0.379 e. The van der Waals surface area contributed by atoms with E-state index in [0.29, 0.717) is 37.4 Å². The molecule has 148 valence electrons. The first kappa shape index (κ1) is 19.8. The van der Waals surface area contributed by atoms with E-state index in [4.69, 9.17) is 9.47 Å². The van der Waals surface area contributed by atoms with Gasteiger partial charge in [0, 0.05) is 56.4 Å². The highest BCUT2D eigenvalue weighted by Crippen LogP contribution is 2.11. The summed E-state index contributed by atoms with van der Waals surface area (Å²) in [4.78, 5) is 26.6. The molecule has 27 heavy (non-hydrogen) atoms. The van der Waals surface area contributed by atoms with E-state index >= 15 is 0 Å². The van der Waals surface area contributed by atoms with Crippen molar-refractivity contribution in [3.8, 4) is 0 Å². The van der Waals surface area contributed by atoms with Crippen molar-refractivity contribution < 1.29 is 19.1 Å². The lowest BCUT2D eigenvalue weighted by Gasteiger charge is -2.26. The van der Waals surface area contributed by atoms with Crippen LogP contribution in [-0.4, -0.2) is 81.9 Å². The molecule has 8 heteroatoms. The number of nitrogens with zero attached hydrogens (tertiary/aromatic N) is 1. The quantitative estimate of drug-likeness (QED) is 0.624. The first-order valence-electron chi connectivity index (χ1n) is 9.50. The molecule has 8 nitrogen and oxygen atoms in total. The molecule has 3 rings (SSSR count). The molecule has 0 spiro atoms. The number of hydrogen-bond acceptors (Lipinski definition) is 6. The fourth-order valence-corrected chi connectivity index (χ4v) is 3.15. The zero-order chi connectivity index (χ0) is 18.9. The van der Waals surface area contributed by atoms with Gasteiger partial charge in [0.25, 0.3) is 5.91 Å². The Morgan fingerprint density at radius 3 is 2.59 bits per heavy atom. The van der Waals surface area contributed by atoms with E-state index in [2.05, 4.69) is 20.9 Å². The van der Waals surface area contributed by atoms with Crippen LogP contribution < -0.4 is 16.0 Å². The smallest absolute Gasteiger partial charge is 0.251 e. The molecule has 0 aliphatic carbocycles. The molecular formula is C19H28N4O4. The molecule has 2 saturated heterocycles. The molecule has 1 aromatic carbocycles. The lowest BCUT2D eigenvalue weighted by atomic mass is 10.1. The first-order valence-corrected chi connectivity index (χ1v) is 9.50. The second-order valence-corrected chi connectivity index (χ2v) is 6.77. The number of hydrogen-bond donors (Lipinski definition) is 3. The number of nitrogens with one attached hydrogen (secondary N) is 3. The van der Waals surface area contributed by atoms with Crippen LogP contribution in [0.1, 0.15) is 16.8 Å². The van der Waals surface area contributed by atoms with Crippen molar-refractivity contribution in [3.63, 3.8) is 0 Å². The summed E-state index contributed by atoms with van der Waals surface area (Å²) in [7, 11) is 0. The van der Waals surface area contributed by atoms with E-state index in [-0.39, 0.29) is 17.9 Å². The maximum absolute atomic E-state index is 12.2. The van der Waals surface area contributed by atoms with Gasteiger partial charge in [0.05, 0.1) is 26.4 Å². The number of amides is 2. The van der Waals surface area contributed by atoms with Gasteiger partial charge in [0.2, 0.25) is 5.91 Å². The topological polar surface area (TPSA) is 91.9 Å². The fourth-order valence-electron chi connectivity index (χ4n) is 3.15. The summed E-state index contributed by atoms with van der Waals surface area (Å²) >= 11 is 0. The molecule has 1 atom stereocenters. The third kappa shape index (κ3) is 6.59. The normalized spacial score (nSPS) is 20.8. The summed E-state index contributed by atoms with van der Waals surface area (Å²) in [5.74, 6) is -0.176. The number of benzene rings is 1. The molecular weight excluding hydrogens is 348 g/mol. The maximum Gasteiger partial charge on any atom is 0.251 e. The lowest BCUT2D eigenvalue weighted by Crippen LogP contribution is -2.43. The molecule has 0 bridgehead atoms. The Labute approximate surface area is 159 Å². The Hall–Kier alpha value is -2.00. The monoisotopic (exact) mass is 376 g/mol. The van der Waals surface area contributed by atoms with Crippen LogP contribution in [0.4, 0.5) is 5.69 Å². The molecule has 0 saturated carbocycles. The van der Waals surface area contributed by atoms with Gasteiger partial charge in [0.1, 0.15) is 0 Å². The van der Waals surface area contributed by atoms with Crippen molar-refractivity contribution in [3.05, 3.63) is 29.8 Å². The predicted octanol–water partition coefficient (Wildman–Crippen LogP) is 0.0656. The van der Waals surface area contributed by atoms with E-state index in [9.17, 15) is 9.59 Å². The van der Waals surface area contributed by atoms with E-state index in [1.54, 1.807) is 24.3 Å². The molecule has 2 aliphatic rings. The number of rotatable bonds is 7. The van der Waals surface area contributed by atoms with Crippen LogP contribution in [0.25, 0.3) is 0 Å². The van der Waals surface area contributed by atoms with Crippen molar-refractivity contribution in [1.82, 2.24) is 15.5 Å². The number of morpholine rings is 2. The zero-order valence-corrected chi connectivity index (χ0v) is 15.5. The SMILES string of the molecule is O=C(CC1COCCN1)Nc1ccc(C(=O)NCCN2CCOCC2)cc1. The Bertz CT molecular complexity index is 611. The Balaban J connectivity index is 1.39. The highest BCUT2D eigenvalue weighted by Gasteiger charge is 2.17. The van der Waals surface area contributed by atoms with E-state index in [1.165, 1.54) is 0 Å². The van der Waals surface area contributed by atoms with Gasteiger partial charge in [-0.2, -0.15) is 0 Å². The van der Waals surface area contributed by atoms with Crippen LogP contribution in [0, 0.1) is 0 Å². The average Bonchev–Trinajstić information content (AvgIpc) is 2.70. The van der Waals surface area contributed by atoms with Gasteiger partial charge < -0.3 is 25.4 Å². The fraction of sp³-hybridized carbons (Fsp3) is 0.579. The van der Waals surface area contributed by atoms with Crippen molar-refractivity contribution >= 4 is 17.5 Å². The minimum Gasteiger partial charge on any atom is -0.379 e. The number of carbonyl (C=O) groups excluding carboxylic acids is 2. The second kappa shape index (κ2) is 10.4. The summed E-state index contributed by atoms with van der Waals surface area (Å²) < 4.78 is 10.7. The van der Waals surface area contributed by atoms with Crippen LogP contribution in [0.15, 0.2) is 24.3 Å². The average molecular weight is 376 g/mol. The molecule has 2 fully saturated rings. The molecule has 0 aromatic heterocycles. The van der Waals surface area contributed by atoms with E-state index < -0.39 is 0 Å². The van der Waals surface area contributed by atoms with Gasteiger partial charge in [-0.15, -0.1) is 0 Å². The van der Waals surface area contributed by atoms with Crippen LogP contribution >= 0.6 is 0 Å². The molecule has 1 unspecified atom stereocenters. The number of carbonyl (C=O) groups is 2. The molecule has 1 aromatic rings. The Kier molecular flexibility index (Phi) is 7.58. The highest BCUT2D eigenvalue weighted by molar-refractivity contribution is 5.95. The summed E-state index contributed by atoms with van der Waals surface area (Å²) in [5, 5.41) is 9.04. The van der Waals surface area contributed by atoms with Gasteiger partial charge >= 0.3 is 0 Å². The third-order valence-corrected chi connectivity index (χ3v) is 4.68. The van der Waals surface area contributed by atoms with Crippen LogP contribution in [-0.2, 0) is 14.3 Å². The van der Waals surface area contributed by atoms with Crippen LogP contribution in [0.2, 0.25) is 0 Å². The highest BCUT2D eigenvalue weighted by atomic mass is 16.5. The summed E-state index contributed by atoms with van der Waals surface area (Å²) in [6.07, 6.45) is 0.365. The molecule has 2 heterocycles. The molecule has 2 amide bonds. The zero-order valence-electron chi connectivity index (χ0n) is 15.5. The second-order valence-electron chi connectivity index (χ2n) is 6.77. The van der Waals surface area contributed by atoms with Crippen molar-refractivity contribution in [2.45, 2.75) is 12.5 Å². The minimum absolute atomic E-state index is 0.0512. The van der Waals surface area contributed by atoms with Gasteiger partial charge in [-0.25, -0.2) is 0 Å². The van der Waals surface area contributed by atoms with E-state index in [0.717, 1.165) is 39.4 Å². The predicted molar refractivity (Wildman–Crippen MR) is 102 cm³/mol. The number of anilines is 1. The van der Waals surface area contributed by atoms with E-state index in [1.807, 2.05) is 0 Å². The van der Waals surface area contributed by atoms with Crippen LogP contribution in [0.5, 0.6) is 0 Å². The summed E-state index contributed by atoms with van der Waals surface area (Å²) in [6.45, 7) is 6.77. The van der Waals surface area contributed by atoms with Gasteiger partial charge in [-0.05, 0) is 24.3 Å². The van der Waals surface area contributed by atoms with Crippen molar-refractivity contribution in [2.24, 2.45) is 0 Å². The Morgan fingerprint density at radius 1 is 1.11 bits per heavy atom. The standard InChI is InChI=1S/C19H28N4O4/c24-18(13-17-14-27-10-6-20-17)22-16-3-1-15(2-4-16)19(25)21-5-7-23-8-11-26-12-9-23/h1-4,17,20H,5-14H2,(H,21,25)(H,22,24). The minimum atomic E-state index is -0.107. The van der Waals surface area contributed by atoms with Gasteiger partial charge in [0.15, 0.2) is 0 Å². The van der Waals surface area contributed by atoms with Gasteiger partial charge in [-0.3, -0.25) is 14.5 Å². The maximum atomic E-state index is 12.2. The van der Waals surface area contributed by atoms with Crippen molar-refractivity contribution in [2.75, 3.05) is 64.5 Å². The molecule has 2 aliphatic heterocycles. The van der Waals surface area contributed by atoms with Gasteiger partial charge in [-0.1, -0.05) is 0 Å². The lowest BCUT2D eigenvalue weighted by molar-refractivity contribution is -0.117. The first-order chi connectivity index (χ1) is 13.2. The van der Waals surface area contributed by atoms with Crippen molar-refractivity contribution in [1.29, 1.82) is 0 Å².